The third kappa shape index (κ3) is 2.74. The Hall–Kier alpha value is -1.33. The van der Waals surface area contributed by atoms with Crippen LogP contribution in [0.15, 0.2) is 33.4 Å². The average Bonchev–Trinajstić information content (AvgIpc) is 2.91. The van der Waals surface area contributed by atoms with Crippen LogP contribution in [0.5, 0.6) is 5.75 Å². The van der Waals surface area contributed by atoms with Gasteiger partial charge >= 0.3 is 0 Å². The summed E-state index contributed by atoms with van der Waals surface area (Å²) in [4.78, 5) is 0. The summed E-state index contributed by atoms with van der Waals surface area (Å²) >= 11 is 3.22. The second-order valence-electron chi connectivity index (χ2n) is 4.38. The number of rotatable bonds is 5. The van der Waals surface area contributed by atoms with Gasteiger partial charge in [0.15, 0.2) is 0 Å². The molecule has 5 heteroatoms. The Morgan fingerprint density at radius 1 is 1.40 bits per heavy atom. The molecule has 1 unspecified atom stereocenters. The van der Waals surface area contributed by atoms with Crippen LogP contribution in [0.3, 0.4) is 0 Å². The van der Waals surface area contributed by atoms with Crippen LogP contribution in [0, 0.1) is 5.82 Å². The first-order valence-corrected chi connectivity index (χ1v) is 7.18. The van der Waals surface area contributed by atoms with E-state index in [-0.39, 0.29) is 11.9 Å². The largest absolute Gasteiger partial charge is 0.496 e. The zero-order valence-corrected chi connectivity index (χ0v) is 13.3. The molecule has 0 radical (unpaired) electrons. The maximum atomic E-state index is 13.6. The lowest BCUT2D eigenvalue weighted by atomic mass is 9.97. The zero-order chi connectivity index (χ0) is 14.7. The van der Waals surface area contributed by atoms with Crippen LogP contribution in [0.4, 0.5) is 4.39 Å². The summed E-state index contributed by atoms with van der Waals surface area (Å²) in [5, 5.41) is 3.23. The Bertz CT molecular complexity index is 598. The SMILES string of the molecule is CCc1occc1C(NC)c1cc(Br)c(F)cc1OC. The first-order valence-electron chi connectivity index (χ1n) is 6.38. The molecule has 20 heavy (non-hydrogen) atoms. The predicted molar refractivity (Wildman–Crippen MR) is 79.6 cm³/mol. The van der Waals surface area contributed by atoms with Crippen LogP contribution in [0.25, 0.3) is 0 Å². The van der Waals surface area contributed by atoms with Crippen molar-refractivity contribution in [2.75, 3.05) is 14.2 Å². The highest BCUT2D eigenvalue weighted by Crippen LogP contribution is 2.35. The highest BCUT2D eigenvalue weighted by Gasteiger charge is 2.22. The van der Waals surface area contributed by atoms with Crippen molar-refractivity contribution in [3.05, 3.63) is 51.6 Å². The fourth-order valence-corrected chi connectivity index (χ4v) is 2.68. The van der Waals surface area contributed by atoms with Crippen molar-refractivity contribution in [1.82, 2.24) is 5.32 Å². The maximum Gasteiger partial charge on any atom is 0.141 e. The quantitative estimate of drug-likeness (QED) is 0.890. The van der Waals surface area contributed by atoms with Crippen LogP contribution in [-0.2, 0) is 6.42 Å². The van der Waals surface area contributed by atoms with E-state index in [1.54, 1.807) is 12.3 Å². The van der Waals surface area contributed by atoms with E-state index in [1.165, 1.54) is 13.2 Å². The lowest BCUT2D eigenvalue weighted by Gasteiger charge is -2.20. The molecule has 0 fully saturated rings. The number of nitrogens with one attached hydrogen (secondary N) is 1. The van der Waals surface area contributed by atoms with Crippen molar-refractivity contribution in [3.8, 4) is 5.75 Å². The molecule has 0 saturated carbocycles. The van der Waals surface area contributed by atoms with E-state index < -0.39 is 0 Å². The Morgan fingerprint density at radius 2 is 2.15 bits per heavy atom. The minimum absolute atomic E-state index is 0.115. The van der Waals surface area contributed by atoms with Crippen molar-refractivity contribution < 1.29 is 13.5 Å². The lowest BCUT2D eigenvalue weighted by Crippen LogP contribution is -2.19. The van der Waals surface area contributed by atoms with Crippen molar-refractivity contribution in [2.24, 2.45) is 0 Å². The highest BCUT2D eigenvalue weighted by atomic mass is 79.9. The fraction of sp³-hybridized carbons (Fsp3) is 0.333. The van der Waals surface area contributed by atoms with Crippen LogP contribution in [0.2, 0.25) is 0 Å². The van der Waals surface area contributed by atoms with Crippen molar-refractivity contribution in [1.29, 1.82) is 0 Å². The number of furan rings is 1. The Balaban J connectivity index is 2.54. The summed E-state index contributed by atoms with van der Waals surface area (Å²) in [5.41, 5.74) is 1.89. The minimum Gasteiger partial charge on any atom is -0.496 e. The highest BCUT2D eigenvalue weighted by molar-refractivity contribution is 9.10. The van der Waals surface area contributed by atoms with Crippen LogP contribution < -0.4 is 10.1 Å². The molecule has 3 nitrogen and oxygen atoms in total. The molecule has 1 aromatic carbocycles. The lowest BCUT2D eigenvalue weighted by molar-refractivity contribution is 0.401. The molecular weight excluding hydrogens is 325 g/mol. The fourth-order valence-electron chi connectivity index (χ4n) is 2.32. The first kappa shape index (κ1) is 15.1. The second kappa shape index (κ2) is 6.41. The van der Waals surface area contributed by atoms with Gasteiger partial charge in [-0.05, 0) is 35.1 Å². The molecule has 0 bridgehead atoms. The molecule has 1 aromatic heterocycles. The molecule has 0 aliphatic rings. The zero-order valence-electron chi connectivity index (χ0n) is 11.7. The van der Waals surface area contributed by atoms with E-state index >= 15 is 0 Å². The summed E-state index contributed by atoms with van der Waals surface area (Å²) in [6.45, 7) is 2.03. The number of hydrogen-bond donors (Lipinski definition) is 1. The summed E-state index contributed by atoms with van der Waals surface area (Å²) in [5.74, 6) is 1.07. The van der Waals surface area contributed by atoms with E-state index in [9.17, 15) is 4.39 Å². The van der Waals surface area contributed by atoms with Gasteiger partial charge in [-0.3, -0.25) is 0 Å². The van der Waals surface area contributed by atoms with Crippen molar-refractivity contribution in [2.45, 2.75) is 19.4 Å². The summed E-state index contributed by atoms with van der Waals surface area (Å²) < 4.78 is 24.8. The van der Waals surface area contributed by atoms with E-state index in [4.69, 9.17) is 9.15 Å². The van der Waals surface area contributed by atoms with Crippen molar-refractivity contribution >= 4 is 15.9 Å². The van der Waals surface area contributed by atoms with Gasteiger partial charge in [0, 0.05) is 23.6 Å². The number of methoxy groups -OCH3 is 1. The molecule has 1 N–H and O–H groups in total. The Labute approximate surface area is 126 Å². The molecule has 108 valence electrons. The van der Waals surface area contributed by atoms with Gasteiger partial charge in [-0.15, -0.1) is 0 Å². The third-order valence-corrected chi connectivity index (χ3v) is 3.89. The van der Waals surface area contributed by atoms with E-state index in [0.29, 0.717) is 10.2 Å². The molecule has 0 aliphatic heterocycles. The minimum atomic E-state index is -0.344. The second-order valence-corrected chi connectivity index (χ2v) is 5.24. The molecule has 1 heterocycles. The topological polar surface area (TPSA) is 34.4 Å². The number of benzene rings is 1. The Kier molecular flexibility index (Phi) is 4.83. The van der Waals surface area contributed by atoms with Gasteiger partial charge in [0.2, 0.25) is 0 Å². The average molecular weight is 342 g/mol. The molecule has 0 amide bonds. The monoisotopic (exact) mass is 341 g/mol. The van der Waals surface area contributed by atoms with Crippen LogP contribution in [-0.4, -0.2) is 14.2 Å². The van der Waals surface area contributed by atoms with E-state index in [0.717, 1.165) is 23.3 Å². The van der Waals surface area contributed by atoms with E-state index in [2.05, 4.69) is 21.2 Å². The van der Waals surface area contributed by atoms with Crippen LogP contribution >= 0.6 is 15.9 Å². The van der Waals surface area contributed by atoms with Crippen LogP contribution in [0.1, 0.15) is 29.9 Å². The third-order valence-electron chi connectivity index (χ3n) is 3.28. The van der Waals surface area contributed by atoms with Gasteiger partial charge in [-0.1, -0.05) is 6.92 Å². The first-order chi connectivity index (χ1) is 9.62. The normalized spacial score (nSPS) is 12.4. The molecule has 2 aromatic rings. The molecular formula is C15H17BrFNO2. The van der Waals surface area contributed by atoms with Gasteiger partial charge in [0.25, 0.3) is 0 Å². The van der Waals surface area contributed by atoms with Gasteiger partial charge in [0.1, 0.15) is 17.3 Å². The van der Waals surface area contributed by atoms with Gasteiger partial charge in [-0.25, -0.2) is 4.39 Å². The molecule has 2 rings (SSSR count). The van der Waals surface area contributed by atoms with Gasteiger partial charge in [-0.2, -0.15) is 0 Å². The maximum absolute atomic E-state index is 13.6. The predicted octanol–water partition coefficient (Wildman–Crippen LogP) is 4.06. The molecule has 0 aliphatic carbocycles. The van der Waals surface area contributed by atoms with Gasteiger partial charge < -0.3 is 14.5 Å². The molecule has 1 atom stereocenters. The molecule has 0 saturated heterocycles. The summed E-state index contributed by atoms with van der Waals surface area (Å²) in [6, 6.07) is 4.93. The summed E-state index contributed by atoms with van der Waals surface area (Å²) in [7, 11) is 3.39. The number of halogens is 2. The Morgan fingerprint density at radius 3 is 2.75 bits per heavy atom. The number of hydrogen-bond acceptors (Lipinski definition) is 3. The number of aryl methyl sites for hydroxylation is 1. The summed E-state index contributed by atoms with van der Waals surface area (Å²) in [6.07, 6.45) is 2.47. The number of ether oxygens (including phenoxy) is 1. The van der Waals surface area contributed by atoms with Crippen molar-refractivity contribution in [3.63, 3.8) is 0 Å². The molecule has 0 spiro atoms. The smallest absolute Gasteiger partial charge is 0.141 e. The van der Waals surface area contributed by atoms with Gasteiger partial charge in [0.05, 0.1) is 23.9 Å². The van der Waals surface area contributed by atoms with E-state index in [1.807, 2.05) is 20.0 Å². The standard InChI is InChI=1S/C15H17BrFNO2/c1-4-13-9(5-6-20-13)15(18-2)10-7-11(16)12(17)8-14(10)19-3/h5-8,15,18H,4H2,1-3H3.